The first-order chi connectivity index (χ1) is 8.21. The number of hydrogen-bond acceptors (Lipinski definition) is 10. The van der Waals surface area contributed by atoms with E-state index in [9.17, 15) is 0 Å². The average molecular weight is 371 g/mol. The standard InChI is InChI=1S/C6H18O6S4Si2/c7-17(8,9)5-1-3-13-15-16-14-4-2-6-18(10,11)12/h7-12H,1-6H2. The molecule has 0 unspecified atom stereocenters. The molecule has 0 saturated carbocycles. The van der Waals surface area contributed by atoms with Gasteiger partial charge in [-0.05, 0) is 32.5 Å². The highest BCUT2D eigenvalue weighted by atomic mass is 33.7. The molecular weight excluding hydrogens is 353 g/mol. The summed E-state index contributed by atoms with van der Waals surface area (Å²) in [6.07, 6.45) is 1.12. The molecule has 0 aliphatic rings. The molecule has 0 saturated heterocycles. The van der Waals surface area contributed by atoms with Gasteiger partial charge in [0.1, 0.15) is 0 Å². The molecule has 110 valence electrons. The molecular formula is C6H18O6S4Si2. The van der Waals surface area contributed by atoms with Crippen molar-refractivity contribution in [1.29, 1.82) is 0 Å². The van der Waals surface area contributed by atoms with Crippen molar-refractivity contribution in [3.8, 4) is 0 Å². The van der Waals surface area contributed by atoms with E-state index in [0.29, 0.717) is 12.8 Å². The van der Waals surface area contributed by atoms with E-state index < -0.39 is 17.6 Å². The lowest BCUT2D eigenvalue weighted by atomic mass is 10.6. The quantitative estimate of drug-likeness (QED) is 0.172. The minimum absolute atomic E-state index is 0.0641. The van der Waals surface area contributed by atoms with Crippen LogP contribution in [0.25, 0.3) is 0 Å². The summed E-state index contributed by atoms with van der Waals surface area (Å²) in [6.45, 7) is 0. The fourth-order valence-electron chi connectivity index (χ4n) is 0.844. The summed E-state index contributed by atoms with van der Waals surface area (Å²) >= 11 is 0. The van der Waals surface area contributed by atoms with Crippen LogP contribution in [0, 0.1) is 0 Å². The topological polar surface area (TPSA) is 121 Å². The molecule has 0 radical (unpaired) electrons. The van der Waals surface area contributed by atoms with Gasteiger partial charge in [-0.25, -0.2) is 0 Å². The van der Waals surface area contributed by atoms with Gasteiger partial charge in [-0.3, -0.25) is 0 Å². The molecule has 0 aromatic carbocycles. The van der Waals surface area contributed by atoms with Gasteiger partial charge in [-0.2, -0.15) is 0 Å². The first-order valence-electron chi connectivity index (χ1n) is 5.13. The molecule has 6 nitrogen and oxygen atoms in total. The summed E-state index contributed by atoms with van der Waals surface area (Å²) in [7, 11) is -1.49. The molecule has 0 heterocycles. The van der Waals surface area contributed by atoms with E-state index >= 15 is 0 Å². The second-order valence-corrected chi connectivity index (χ2v) is 13.9. The Morgan fingerprint density at radius 2 is 0.944 bits per heavy atom. The Kier molecular flexibility index (Phi) is 11.3. The van der Waals surface area contributed by atoms with Gasteiger partial charge in [-0.1, -0.05) is 21.6 Å². The lowest BCUT2D eigenvalue weighted by Gasteiger charge is -2.08. The van der Waals surface area contributed by atoms with Crippen molar-refractivity contribution in [2.45, 2.75) is 24.9 Å². The molecule has 0 atom stereocenters. The molecule has 0 spiro atoms. The minimum Gasteiger partial charge on any atom is -0.390 e. The van der Waals surface area contributed by atoms with Crippen molar-refractivity contribution in [3.63, 3.8) is 0 Å². The third-order valence-corrected chi connectivity index (χ3v) is 10.3. The molecule has 12 heteroatoms. The van der Waals surface area contributed by atoms with Crippen LogP contribution in [-0.2, 0) is 0 Å². The maximum absolute atomic E-state index is 8.75. The highest BCUT2D eigenvalue weighted by molar-refractivity contribution is 9.26. The summed E-state index contributed by atoms with van der Waals surface area (Å²) in [4.78, 5) is 52.5. The smallest absolute Gasteiger partial charge is 0.390 e. The van der Waals surface area contributed by atoms with E-state index in [1.165, 1.54) is 0 Å². The van der Waals surface area contributed by atoms with Crippen LogP contribution in [0.1, 0.15) is 12.8 Å². The van der Waals surface area contributed by atoms with E-state index in [1.54, 1.807) is 41.2 Å². The second-order valence-electron chi connectivity index (χ2n) is 3.54. The molecule has 0 bridgehead atoms. The fourth-order valence-corrected chi connectivity index (χ4v) is 8.80. The Bertz CT molecular complexity index is 189. The van der Waals surface area contributed by atoms with Gasteiger partial charge < -0.3 is 28.8 Å². The zero-order valence-electron chi connectivity index (χ0n) is 9.56. The predicted octanol–water partition coefficient (Wildman–Crippen LogP) is 0.276. The van der Waals surface area contributed by atoms with Gasteiger partial charge in [0.2, 0.25) is 0 Å². The van der Waals surface area contributed by atoms with E-state index in [4.69, 9.17) is 28.8 Å². The Morgan fingerprint density at radius 1 is 0.611 bits per heavy atom. The van der Waals surface area contributed by atoms with Crippen molar-refractivity contribution < 1.29 is 28.8 Å². The maximum atomic E-state index is 8.75. The van der Waals surface area contributed by atoms with E-state index in [0.717, 1.165) is 11.5 Å². The van der Waals surface area contributed by atoms with E-state index in [1.807, 2.05) is 0 Å². The first kappa shape index (κ1) is 19.6. The molecule has 0 fully saturated rings. The molecule has 0 aromatic heterocycles. The Labute approximate surface area is 124 Å². The molecule has 0 rings (SSSR count). The third-order valence-electron chi connectivity index (χ3n) is 1.60. The summed E-state index contributed by atoms with van der Waals surface area (Å²) in [6, 6.07) is 0.128. The van der Waals surface area contributed by atoms with Gasteiger partial charge in [0.05, 0.1) is 0 Å². The predicted molar refractivity (Wildman–Crippen MR) is 83.8 cm³/mol. The lowest BCUT2D eigenvalue weighted by molar-refractivity contribution is 0.225. The van der Waals surface area contributed by atoms with Crippen LogP contribution in [0.2, 0.25) is 12.1 Å². The van der Waals surface area contributed by atoms with Crippen molar-refractivity contribution >= 4 is 58.8 Å². The second kappa shape index (κ2) is 10.3. The fraction of sp³-hybridized carbons (Fsp3) is 1.00. The van der Waals surface area contributed by atoms with Gasteiger partial charge in [0.15, 0.2) is 0 Å². The van der Waals surface area contributed by atoms with Crippen LogP contribution in [0.5, 0.6) is 0 Å². The maximum Gasteiger partial charge on any atom is 0.492 e. The zero-order chi connectivity index (χ0) is 14.1. The van der Waals surface area contributed by atoms with Gasteiger partial charge in [0.25, 0.3) is 0 Å². The zero-order valence-corrected chi connectivity index (χ0v) is 14.8. The third kappa shape index (κ3) is 17.6. The van der Waals surface area contributed by atoms with Gasteiger partial charge in [0, 0.05) is 23.6 Å². The van der Waals surface area contributed by atoms with Gasteiger partial charge >= 0.3 is 17.6 Å². The highest BCUT2D eigenvalue weighted by Crippen LogP contribution is 2.43. The largest absolute Gasteiger partial charge is 0.492 e. The van der Waals surface area contributed by atoms with E-state index in [-0.39, 0.29) is 12.1 Å². The van der Waals surface area contributed by atoms with E-state index in [2.05, 4.69) is 0 Å². The van der Waals surface area contributed by atoms with Crippen LogP contribution < -0.4 is 0 Å². The first-order valence-corrected chi connectivity index (χ1v) is 14.4. The summed E-state index contributed by atoms with van der Waals surface area (Å²) in [5.74, 6) is 1.46. The minimum atomic E-state index is -3.86. The Balaban J connectivity index is 3.13. The summed E-state index contributed by atoms with van der Waals surface area (Å²) < 4.78 is 0. The average Bonchev–Trinajstić information content (AvgIpc) is 2.17. The van der Waals surface area contributed by atoms with Crippen LogP contribution in [-0.4, -0.2) is 57.9 Å². The molecule has 0 aromatic rings. The molecule has 6 N–H and O–H groups in total. The van der Waals surface area contributed by atoms with Gasteiger partial charge in [-0.15, -0.1) is 0 Å². The van der Waals surface area contributed by atoms with Crippen molar-refractivity contribution in [3.05, 3.63) is 0 Å². The van der Waals surface area contributed by atoms with Crippen LogP contribution in [0.4, 0.5) is 0 Å². The molecule has 0 aliphatic heterocycles. The van der Waals surface area contributed by atoms with Crippen molar-refractivity contribution in [2.75, 3.05) is 11.5 Å². The Morgan fingerprint density at radius 3 is 1.22 bits per heavy atom. The summed E-state index contributed by atoms with van der Waals surface area (Å²) in [5, 5.41) is 0. The van der Waals surface area contributed by atoms with Crippen molar-refractivity contribution in [1.82, 2.24) is 0 Å². The van der Waals surface area contributed by atoms with Crippen LogP contribution >= 0.6 is 41.2 Å². The molecule has 0 aliphatic carbocycles. The van der Waals surface area contributed by atoms with Crippen LogP contribution in [0.15, 0.2) is 0 Å². The van der Waals surface area contributed by atoms with Crippen molar-refractivity contribution in [2.24, 2.45) is 0 Å². The SMILES string of the molecule is O[Si](O)(O)CCCSSSSCCC[Si](O)(O)O. The normalized spacial score (nSPS) is 13.0. The lowest BCUT2D eigenvalue weighted by Crippen LogP contribution is -2.34. The highest BCUT2D eigenvalue weighted by Gasteiger charge is 2.26. The monoisotopic (exact) mass is 370 g/mol. The Hall–Kier alpha value is 1.59. The summed E-state index contributed by atoms with van der Waals surface area (Å²) in [5.41, 5.74) is 0. The van der Waals surface area contributed by atoms with Crippen LogP contribution in [0.3, 0.4) is 0 Å². The molecule has 0 amide bonds. The number of hydrogen-bond donors (Lipinski definition) is 6. The number of rotatable bonds is 11. The molecule has 18 heavy (non-hydrogen) atoms.